The van der Waals surface area contributed by atoms with Crippen molar-refractivity contribution in [1.29, 1.82) is 0 Å². The summed E-state index contributed by atoms with van der Waals surface area (Å²) in [5.41, 5.74) is 0. The van der Waals surface area contributed by atoms with Crippen LogP contribution in [0.4, 0.5) is 0 Å². The first-order valence-corrected chi connectivity index (χ1v) is 6.29. The monoisotopic (exact) mass is 422 g/mol. The first-order valence-electron chi connectivity index (χ1n) is 2.10. The fraction of sp³-hybridized carbons (Fsp3) is 0. The van der Waals surface area contributed by atoms with Crippen LogP contribution in [0.3, 0.4) is 0 Å². The van der Waals surface area contributed by atoms with Gasteiger partial charge in [-0.2, -0.15) is 25.3 Å². The Bertz CT molecular complexity index is 346. The van der Waals surface area contributed by atoms with Gasteiger partial charge in [0, 0.05) is 34.7 Å². The van der Waals surface area contributed by atoms with Crippen molar-refractivity contribution < 1.29 is 87.3 Å². The van der Waals surface area contributed by atoms with Gasteiger partial charge in [-0.15, -0.1) is 0 Å². The Hall–Kier alpha value is 1.67. The summed E-state index contributed by atoms with van der Waals surface area (Å²) in [5.74, 6) is 0. The average Bonchev–Trinajstić information content (AvgIpc) is 1.41. The molecule has 0 bridgehead atoms. The van der Waals surface area contributed by atoms with E-state index in [2.05, 4.69) is 0 Å². The normalized spacial score (nSPS) is 9.67. The fourth-order valence-electron chi connectivity index (χ4n) is 0. The Morgan fingerprint density at radius 1 is 0.444 bits per heavy atom. The zero-order chi connectivity index (χ0) is 13.5. The second-order valence-electron chi connectivity index (χ2n) is 1.34. The van der Waals surface area contributed by atoms with Crippen molar-refractivity contribution >= 4 is 60.8 Å². The van der Waals surface area contributed by atoms with Gasteiger partial charge in [-0.25, -0.2) is 0 Å². The van der Waals surface area contributed by atoms with E-state index in [1.165, 1.54) is 0 Å². The Morgan fingerprint density at radius 3 is 0.444 bits per heavy atom. The second-order valence-corrected chi connectivity index (χ2v) is 4.03. The summed E-state index contributed by atoms with van der Waals surface area (Å²) >= 11 is 0. The van der Waals surface area contributed by atoms with Crippen molar-refractivity contribution in [3.8, 4) is 0 Å². The summed E-state index contributed by atoms with van der Waals surface area (Å²) in [6, 6.07) is 0. The SMILES string of the molecule is O=S(=O)(O)O.O=S(=O)(O)O.O=S(=O)(O)O.[Cr].[Cr].[NaH]. The molecule has 0 saturated heterocycles. The van der Waals surface area contributed by atoms with Gasteiger partial charge in [0.15, 0.2) is 0 Å². The maximum atomic E-state index is 8.74. The number of rotatable bonds is 0. The van der Waals surface area contributed by atoms with Crippen LogP contribution in [0, 0.1) is 0 Å². The molecule has 0 atom stereocenters. The van der Waals surface area contributed by atoms with Crippen molar-refractivity contribution in [2.75, 3.05) is 0 Å². The number of hydrogen-bond acceptors (Lipinski definition) is 6. The van der Waals surface area contributed by atoms with Crippen LogP contribution in [0.25, 0.3) is 0 Å². The van der Waals surface area contributed by atoms with Crippen LogP contribution in [-0.4, -0.2) is 82.1 Å². The van der Waals surface area contributed by atoms with Crippen molar-refractivity contribution in [2.24, 2.45) is 0 Å². The van der Waals surface area contributed by atoms with E-state index in [0.717, 1.165) is 0 Å². The van der Waals surface area contributed by atoms with Crippen molar-refractivity contribution in [3.63, 3.8) is 0 Å². The third-order valence-corrected chi connectivity index (χ3v) is 0. The van der Waals surface area contributed by atoms with Gasteiger partial charge in [-0.1, -0.05) is 0 Å². The molecule has 12 nitrogen and oxygen atoms in total. The molecule has 0 aromatic carbocycles. The molecule has 0 rings (SSSR count). The summed E-state index contributed by atoms with van der Waals surface area (Å²) in [5, 5.41) is 0. The molecule has 0 amide bonds. The van der Waals surface area contributed by atoms with Crippen molar-refractivity contribution in [2.45, 2.75) is 0 Å². The molecule has 0 aliphatic rings. The molecule has 0 aromatic rings. The third kappa shape index (κ3) is 1750. The van der Waals surface area contributed by atoms with E-state index in [0.29, 0.717) is 0 Å². The molecule has 0 aromatic heterocycles. The Labute approximate surface area is 146 Å². The van der Waals surface area contributed by atoms with Crippen LogP contribution < -0.4 is 0 Å². The third-order valence-electron chi connectivity index (χ3n) is 0. The predicted octanol–water partition coefficient (Wildman–Crippen LogP) is -2.61. The van der Waals surface area contributed by atoms with Gasteiger partial charge >= 0.3 is 60.8 Å². The van der Waals surface area contributed by atoms with E-state index in [-0.39, 0.29) is 64.3 Å². The minimum absolute atomic E-state index is 0. The molecule has 0 spiro atoms. The zero-order valence-corrected chi connectivity index (χ0v) is 12.2. The first-order chi connectivity index (χ1) is 6.00. The summed E-state index contributed by atoms with van der Waals surface area (Å²) in [6.07, 6.45) is 0. The standard InChI is InChI=1S/2Cr.Na.3H2O4S.H/c;;;3*1-5(2,3)4;/h;;;3*(H2,1,2,3,4);. The van der Waals surface area contributed by atoms with Crippen LogP contribution in [0.2, 0.25) is 0 Å². The Morgan fingerprint density at radius 2 is 0.444 bits per heavy atom. The molecule has 0 radical (unpaired) electrons. The average molecular weight is 422 g/mol. The quantitative estimate of drug-likeness (QED) is 0.174. The van der Waals surface area contributed by atoms with E-state index < -0.39 is 31.2 Å². The molecule has 0 unspecified atom stereocenters. The summed E-state index contributed by atoms with van der Waals surface area (Å²) in [7, 11) is -14.0. The summed E-state index contributed by atoms with van der Waals surface area (Å²) in [4.78, 5) is 0. The first kappa shape index (κ1) is 36.7. The molecular formula is H7Cr2NaO12S3. The molecule has 0 saturated carbocycles. The van der Waals surface area contributed by atoms with Gasteiger partial charge in [-0.3, -0.25) is 27.3 Å². The summed E-state index contributed by atoms with van der Waals surface area (Å²) in [6.45, 7) is 0. The fourth-order valence-corrected chi connectivity index (χ4v) is 0. The topological polar surface area (TPSA) is 224 Å². The molecule has 0 aliphatic heterocycles. The van der Waals surface area contributed by atoms with E-state index >= 15 is 0 Å². The van der Waals surface area contributed by atoms with E-state index in [1.54, 1.807) is 0 Å². The molecular weight excluding hydrogens is 415 g/mol. The molecule has 0 heterocycles. The maximum absolute atomic E-state index is 8.74. The Kier molecular flexibility index (Phi) is 30.7. The second kappa shape index (κ2) is 15.1. The van der Waals surface area contributed by atoms with Crippen LogP contribution >= 0.6 is 0 Å². The van der Waals surface area contributed by atoms with Gasteiger partial charge in [-0.05, 0) is 0 Å². The van der Waals surface area contributed by atoms with Crippen LogP contribution in [0.5, 0.6) is 0 Å². The molecule has 110 valence electrons. The van der Waals surface area contributed by atoms with E-state index in [1.807, 2.05) is 0 Å². The molecule has 6 N–H and O–H groups in total. The van der Waals surface area contributed by atoms with Crippen LogP contribution in [0.15, 0.2) is 0 Å². The minimum atomic E-state index is -4.67. The van der Waals surface area contributed by atoms with Gasteiger partial charge in [0.1, 0.15) is 0 Å². The van der Waals surface area contributed by atoms with Crippen molar-refractivity contribution in [3.05, 3.63) is 0 Å². The van der Waals surface area contributed by atoms with Gasteiger partial charge in [0.25, 0.3) is 0 Å². The van der Waals surface area contributed by atoms with Gasteiger partial charge in [0.05, 0.1) is 0 Å². The zero-order valence-electron chi connectivity index (χ0n) is 7.17. The van der Waals surface area contributed by atoms with E-state index in [9.17, 15) is 0 Å². The molecule has 0 fully saturated rings. The molecule has 18 heavy (non-hydrogen) atoms. The predicted molar refractivity (Wildman–Crippen MR) is 49.7 cm³/mol. The Balaban J connectivity index is -0.0000000277. The molecule has 18 heteroatoms. The van der Waals surface area contributed by atoms with Crippen LogP contribution in [-0.2, 0) is 65.9 Å². The molecule has 0 aliphatic carbocycles. The van der Waals surface area contributed by atoms with Gasteiger partial charge < -0.3 is 0 Å². The van der Waals surface area contributed by atoms with Gasteiger partial charge in [0.2, 0.25) is 0 Å². The number of hydrogen-bond donors (Lipinski definition) is 6. The van der Waals surface area contributed by atoms with Crippen molar-refractivity contribution in [1.82, 2.24) is 0 Å². The van der Waals surface area contributed by atoms with Crippen LogP contribution in [0.1, 0.15) is 0 Å². The summed E-state index contributed by atoms with van der Waals surface area (Å²) < 4.78 is 94.8. The van der Waals surface area contributed by atoms with E-state index in [4.69, 9.17) is 52.6 Å².